The molecule has 1 atom stereocenters. The number of hydrogen-bond acceptors (Lipinski definition) is 5. The average Bonchev–Trinajstić information content (AvgIpc) is 3.09. The first-order valence-electron chi connectivity index (χ1n) is 9.48. The van der Waals surface area contributed by atoms with Gasteiger partial charge in [0.2, 0.25) is 0 Å². The lowest BCUT2D eigenvalue weighted by atomic mass is 9.79. The SMILES string of the molecule is NC(=O)c1cncc(N2CCC3(CCCN(Cc4cccc(F)c4F)C3)C2)n1. The summed E-state index contributed by atoms with van der Waals surface area (Å²) in [5, 5.41) is 0. The Morgan fingerprint density at radius 1 is 1.18 bits per heavy atom. The van der Waals surface area contributed by atoms with E-state index in [-0.39, 0.29) is 11.1 Å². The number of hydrogen-bond donors (Lipinski definition) is 1. The third-order valence-corrected chi connectivity index (χ3v) is 5.80. The van der Waals surface area contributed by atoms with E-state index >= 15 is 0 Å². The third kappa shape index (κ3) is 3.69. The molecule has 1 amide bonds. The van der Waals surface area contributed by atoms with Crippen molar-refractivity contribution in [1.82, 2.24) is 14.9 Å². The van der Waals surface area contributed by atoms with E-state index in [1.807, 2.05) is 0 Å². The fourth-order valence-electron chi connectivity index (χ4n) is 4.45. The number of primary amides is 1. The van der Waals surface area contributed by atoms with E-state index in [0.29, 0.717) is 17.9 Å². The molecule has 0 radical (unpaired) electrons. The standard InChI is InChI=1S/C20H23F2N5O/c21-15-4-1-3-14(18(15)22)11-26-7-2-5-20(12-26)6-8-27(13-20)17-10-24-9-16(25-17)19(23)28/h1,3-4,9-10H,2,5-8,11-13H2,(H2,23,28). The lowest BCUT2D eigenvalue weighted by Crippen LogP contribution is -2.44. The second-order valence-corrected chi connectivity index (χ2v) is 7.83. The average molecular weight is 387 g/mol. The molecule has 1 aromatic heterocycles. The Morgan fingerprint density at radius 2 is 2.04 bits per heavy atom. The number of likely N-dealkylation sites (tertiary alicyclic amines) is 1. The van der Waals surface area contributed by atoms with Gasteiger partial charge in [-0.05, 0) is 31.9 Å². The molecule has 2 aromatic rings. The summed E-state index contributed by atoms with van der Waals surface area (Å²) in [7, 11) is 0. The monoisotopic (exact) mass is 387 g/mol. The first-order chi connectivity index (χ1) is 13.5. The molecular formula is C20H23F2N5O. The highest BCUT2D eigenvalue weighted by Crippen LogP contribution is 2.40. The third-order valence-electron chi connectivity index (χ3n) is 5.80. The van der Waals surface area contributed by atoms with E-state index in [0.717, 1.165) is 51.5 Å². The molecule has 3 heterocycles. The molecule has 0 aliphatic carbocycles. The Labute approximate surface area is 162 Å². The van der Waals surface area contributed by atoms with Crippen LogP contribution < -0.4 is 10.6 Å². The highest BCUT2D eigenvalue weighted by molar-refractivity contribution is 5.90. The molecule has 148 valence electrons. The maximum absolute atomic E-state index is 14.0. The number of rotatable bonds is 4. The molecule has 1 unspecified atom stereocenters. The van der Waals surface area contributed by atoms with Gasteiger partial charge in [-0.1, -0.05) is 12.1 Å². The molecule has 0 saturated carbocycles. The number of nitrogens with zero attached hydrogens (tertiary/aromatic N) is 4. The van der Waals surface area contributed by atoms with Gasteiger partial charge in [0.05, 0.1) is 12.4 Å². The highest BCUT2D eigenvalue weighted by Gasteiger charge is 2.42. The first kappa shape index (κ1) is 18.7. The Kier molecular flexibility index (Phi) is 4.97. The van der Waals surface area contributed by atoms with Crippen molar-refractivity contribution in [2.75, 3.05) is 31.1 Å². The van der Waals surface area contributed by atoms with Crippen molar-refractivity contribution in [3.63, 3.8) is 0 Å². The summed E-state index contributed by atoms with van der Waals surface area (Å²) in [4.78, 5) is 24.1. The van der Waals surface area contributed by atoms with Gasteiger partial charge in [-0.25, -0.2) is 13.8 Å². The number of aromatic nitrogens is 2. The van der Waals surface area contributed by atoms with Gasteiger partial charge in [0.25, 0.3) is 5.91 Å². The number of amides is 1. The van der Waals surface area contributed by atoms with Gasteiger partial charge < -0.3 is 10.6 Å². The summed E-state index contributed by atoms with van der Waals surface area (Å²) in [6.45, 7) is 3.71. The van der Waals surface area contributed by atoms with Crippen molar-refractivity contribution >= 4 is 11.7 Å². The summed E-state index contributed by atoms with van der Waals surface area (Å²) in [6.07, 6.45) is 6.09. The summed E-state index contributed by atoms with van der Waals surface area (Å²) < 4.78 is 27.6. The zero-order valence-electron chi connectivity index (χ0n) is 15.6. The Bertz CT molecular complexity index is 893. The van der Waals surface area contributed by atoms with E-state index < -0.39 is 17.5 Å². The van der Waals surface area contributed by atoms with Crippen LogP contribution in [-0.4, -0.2) is 47.0 Å². The molecule has 2 aliphatic rings. The van der Waals surface area contributed by atoms with Crippen LogP contribution in [0.4, 0.5) is 14.6 Å². The minimum atomic E-state index is -0.802. The number of carbonyl (C=O) groups excluding carboxylic acids is 1. The van der Waals surface area contributed by atoms with Gasteiger partial charge in [-0.15, -0.1) is 0 Å². The van der Waals surface area contributed by atoms with Crippen LogP contribution in [0.25, 0.3) is 0 Å². The molecule has 6 nitrogen and oxygen atoms in total. The van der Waals surface area contributed by atoms with E-state index in [4.69, 9.17) is 5.73 Å². The number of piperidine rings is 1. The predicted octanol–water partition coefficient (Wildman–Crippen LogP) is 2.35. The second-order valence-electron chi connectivity index (χ2n) is 7.83. The molecule has 1 aromatic carbocycles. The number of carbonyl (C=O) groups is 1. The molecule has 1 spiro atoms. The summed E-state index contributed by atoms with van der Waals surface area (Å²) in [5.74, 6) is -1.50. The van der Waals surface area contributed by atoms with Gasteiger partial charge in [0.15, 0.2) is 11.6 Å². The second kappa shape index (κ2) is 7.43. The van der Waals surface area contributed by atoms with Crippen LogP contribution in [0.3, 0.4) is 0 Å². The van der Waals surface area contributed by atoms with Crippen LogP contribution in [-0.2, 0) is 6.54 Å². The molecule has 28 heavy (non-hydrogen) atoms. The molecule has 2 saturated heterocycles. The summed E-state index contributed by atoms with van der Waals surface area (Å²) in [6, 6.07) is 4.34. The number of anilines is 1. The van der Waals surface area contributed by atoms with E-state index in [1.165, 1.54) is 6.20 Å². The van der Waals surface area contributed by atoms with Crippen LogP contribution in [0.1, 0.15) is 35.3 Å². The zero-order valence-corrected chi connectivity index (χ0v) is 15.6. The van der Waals surface area contributed by atoms with E-state index in [1.54, 1.807) is 18.3 Å². The minimum Gasteiger partial charge on any atom is -0.364 e. The maximum atomic E-state index is 14.0. The zero-order chi connectivity index (χ0) is 19.7. The molecule has 2 aliphatic heterocycles. The topological polar surface area (TPSA) is 75.4 Å². The highest BCUT2D eigenvalue weighted by atomic mass is 19.2. The number of benzene rings is 1. The molecule has 2 fully saturated rings. The van der Waals surface area contributed by atoms with Gasteiger partial charge in [0.1, 0.15) is 11.5 Å². The summed E-state index contributed by atoms with van der Waals surface area (Å²) >= 11 is 0. The van der Waals surface area contributed by atoms with Crippen LogP contribution >= 0.6 is 0 Å². The predicted molar refractivity (Wildman–Crippen MR) is 101 cm³/mol. The van der Waals surface area contributed by atoms with Gasteiger partial charge in [0, 0.05) is 37.2 Å². The van der Waals surface area contributed by atoms with Crippen molar-refractivity contribution in [2.24, 2.45) is 11.1 Å². The largest absolute Gasteiger partial charge is 0.364 e. The Morgan fingerprint density at radius 3 is 2.86 bits per heavy atom. The van der Waals surface area contributed by atoms with Crippen LogP contribution in [0.15, 0.2) is 30.6 Å². The smallest absolute Gasteiger partial charge is 0.268 e. The van der Waals surface area contributed by atoms with Crippen LogP contribution in [0.2, 0.25) is 0 Å². The van der Waals surface area contributed by atoms with Gasteiger partial charge in [-0.3, -0.25) is 14.7 Å². The van der Waals surface area contributed by atoms with E-state index in [2.05, 4.69) is 19.8 Å². The number of halogens is 2. The minimum absolute atomic E-state index is 0.0759. The molecule has 8 heteroatoms. The van der Waals surface area contributed by atoms with Gasteiger partial charge in [-0.2, -0.15) is 0 Å². The Hall–Kier alpha value is -2.61. The lowest BCUT2D eigenvalue weighted by Gasteiger charge is -2.40. The fraction of sp³-hybridized carbons (Fsp3) is 0.450. The van der Waals surface area contributed by atoms with E-state index in [9.17, 15) is 13.6 Å². The van der Waals surface area contributed by atoms with Gasteiger partial charge >= 0.3 is 0 Å². The van der Waals surface area contributed by atoms with Crippen LogP contribution in [0, 0.1) is 17.0 Å². The molecule has 4 rings (SSSR count). The molecular weight excluding hydrogens is 364 g/mol. The quantitative estimate of drug-likeness (QED) is 0.872. The van der Waals surface area contributed by atoms with Crippen molar-refractivity contribution in [1.29, 1.82) is 0 Å². The molecule has 0 bridgehead atoms. The van der Waals surface area contributed by atoms with Crippen molar-refractivity contribution in [2.45, 2.75) is 25.8 Å². The van der Waals surface area contributed by atoms with Crippen LogP contribution in [0.5, 0.6) is 0 Å². The Balaban J connectivity index is 1.46. The first-order valence-corrected chi connectivity index (χ1v) is 9.48. The number of nitrogens with two attached hydrogens (primary N) is 1. The maximum Gasteiger partial charge on any atom is 0.268 e. The normalized spacial score (nSPS) is 22.7. The van der Waals surface area contributed by atoms with Crippen molar-refractivity contribution in [3.05, 3.63) is 53.5 Å². The lowest BCUT2D eigenvalue weighted by molar-refractivity contribution is 0.0980. The summed E-state index contributed by atoms with van der Waals surface area (Å²) in [5.41, 5.74) is 5.94. The fourth-order valence-corrected chi connectivity index (χ4v) is 4.45. The molecule has 2 N–H and O–H groups in total. The van der Waals surface area contributed by atoms with Crippen molar-refractivity contribution in [3.8, 4) is 0 Å². The van der Waals surface area contributed by atoms with Crippen molar-refractivity contribution < 1.29 is 13.6 Å².